The third-order valence-corrected chi connectivity index (χ3v) is 7.08. The van der Waals surface area contributed by atoms with Crippen LogP contribution in [0.1, 0.15) is 42.4 Å². The first-order chi connectivity index (χ1) is 18.7. The predicted molar refractivity (Wildman–Crippen MR) is 149 cm³/mol. The zero-order valence-electron chi connectivity index (χ0n) is 22.8. The van der Waals surface area contributed by atoms with Gasteiger partial charge in [0, 0.05) is 44.4 Å². The van der Waals surface area contributed by atoms with Gasteiger partial charge < -0.3 is 19.5 Å². The van der Waals surface area contributed by atoms with Gasteiger partial charge in [0.2, 0.25) is 5.91 Å². The van der Waals surface area contributed by atoms with Gasteiger partial charge in [-0.3, -0.25) is 19.4 Å². The molecule has 9 heteroatoms. The molecule has 0 spiro atoms. The van der Waals surface area contributed by atoms with Crippen molar-refractivity contribution in [3.63, 3.8) is 0 Å². The minimum absolute atomic E-state index is 0.132. The molecule has 4 rings (SSSR count). The highest BCUT2D eigenvalue weighted by atomic mass is 16.5. The van der Waals surface area contributed by atoms with E-state index in [1.54, 1.807) is 43.1 Å². The molecular formula is C30H36N4O5. The Morgan fingerprint density at radius 3 is 2.67 bits per heavy atom. The molecule has 0 bridgehead atoms. The monoisotopic (exact) mass is 532 g/mol. The van der Waals surface area contributed by atoms with Gasteiger partial charge in [-0.2, -0.15) is 0 Å². The highest BCUT2D eigenvalue weighted by molar-refractivity contribution is 5.94. The maximum absolute atomic E-state index is 13.3. The van der Waals surface area contributed by atoms with E-state index in [1.165, 1.54) is 42.1 Å². The number of para-hydroxylation sites is 1. The van der Waals surface area contributed by atoms with Crippen LogP contribution in [-0.2, 0) is 40.1 Å². The second kappa shape index (κ2) is 12.7. The smallest absolute Gasteiger partial charge is 0.407 e. The number of carbonyl (C=O) groups is 3. The number of aromatic nitrogens is 1. The van der Waals surface area contributed by atoms with E-state index in [2.05, 4.69) is 28.3 Å². The van der Waals surface area contributed by atoms with Crippen molar-refractivity contribution in [2.45, 2.75) is 57.5 Å². The Labute approximate surface area is 228 Å². The first kappa shape index (κ1) is 28.0. The van der Waals surface area contributed by atoms with Gasteiger partial charge in [0.05, 0.1) is 25.4 Å². The lowest BCUT2D eigenvalue weighted by Gasteiger charge is -2.16. The topological polar surface area (TPSA) is 110 Å². The molecule has 1 aliphatic carbocycles. The van der Waals surface area contributed by atoms with Crippen molar-refractivity contribution in [3.8, 4) is 0 Å². The molecule has 2 aromatic rings. The molecule has 1 aromatic heterocycles. The number of Topliss-reactive ketones (excluding diaryl/α,β-unsaturated/α-hetero) is 1. The van der Waals surface area contributed by atoms with Crippen LogP contribution in [0.5, 0.6) is 0 Å². The SMILES string of the molecule is COC(=O)N[C@@H](CC/C=C/C(=O)N(C)C)C(=O)Cc1cccn(CC2=Nc3c(cccc3CC3CC3)C2)c1=O. The molecule has 0 radical (unpaired) electrons. The molecule has 1 aliphatic heterocycles. The Bertz CT molecular complexity index is 1350. The number of hydrogen-bond acceptors (Lipinski definition) is 6. The van der Waals surface area contributed by atoms with Gasteiger partial charge in [0.25, 0.3) is 5.56 Å². The zero-order chi connectivity index (χ0) is 27.9. The van der Waals surface area contributed by atoms with E-state index in [-0.39, 0.29) is 30.1 Å². The van der Waals surface area contributed by atoms with Crippen LogP contribution >= 0.6 is 0 Å². The minimum Gasteiger partial charge on any atom is -0.453 e. The molecule has 0 saturated heterocycles. The second-order valence-corrected chi connectivity index (χ2v) is 10.4. The fourth-order valence-electron chi connectivity index (χ4n) is 4.70. The molecule has 1 saturated carbocycles. The molecule has 1 atom stereocenters. The normalized spacial score (nSPS) is 15.0. The summed E-state index contributed by atoms with van der Waals surface area (Å²) < 4.78 is 6.26. The van der Waals surface area contributed by atoms with Crippen LogP contribution in [0.4, 0.5) is 10.5 Å². The third-order valence-electron chi connectivity index (χ3n) is 7.08. The lowest BCUT2D eigenvalue weighted by molar-refractivity contribution is -0.123. The number of aliphatic imine (C=N–C) groups is 1. The van der Waals surface area contributed by atoms with Gasteiger partial charge in [-0.05, 0) is 61.3 Å². The number of rotatable bonds is 12. The van der Waals surface area contributed by atoms with Crippen LogP contribution in [0, 0.1) is 5.92 Å². The van der Waals surface area contributed by atoms with Gasteiger partial charge in [0.1, 0.15) is 0 Å². The van der Waals surface area contributed by atoms with Crippen LogP contribution < -0.4 is 10.9 Å². The summed E-state index contributed by atoms with van der Waals surface area (Å²) in [7, 11) is 4.52. The number of nitrogens with zero attached hydrogens (tertiary/aromatic N) is 3. The molecule has 2 amide bonds. The lowest BCUT2D eigenvalue weighted by atomic mass is 10.0. The number of carbonyl (C=O) groups excluding carboxylic acids is 3. The lowest BCUT2D eigenvalue weighted by Crippen LogP contribution is -2.42. The summed E-state index contributed by atoms with van der Waals surface area (Å²) in [5.41, 5.74) is 4.54. The fourth-order valence-corrected chi connectivity index (χ4v) is 4.70. The van der Waals surface area contributed by atoms with E-state index in [4.69, 9.17) is 4.99 Å². The van der Waals surface area contributed by atoms with Crippen molar-refractivity contribution in [1.29, 1.82) is 0 Å². The van der Waals surface area contributed by atoms with Crippen molar-refractivity contribution >= 4 is 29.2 Å². The average Bonchev–Trinajstić information content (AvgIpc) is 3.63. The summed E-state index contributed by atoms with van der Waals surface area (Å²) in [6.07, 6.45) is 8.92. The molecule has 1 fully saturated rings. The van der Waals surface area contributed by atoms with Crippen LogP contribution in [-0.4, -0.2) is 60.2 Å². The van der Waals surface area contributed by atoms with Gasteiger partial charge in [-0.1, -0.05) is 30.3 Å². The van der Waals surface area contributed by atoms with Crippen molar-refractivity contribution in [2.24, 2.45) is 10.9 Å². The summed E-state index contributed by atoms with van der Waals surface area (Å²) >= 11 is 0. The van der Waals surface area contributed by atoms with E-state index in [0.717, 1.165) is 23.7 Å². The Morgan fingerprint density at radius 2 is 1.95 bits per heavy atom. The quantitative estimate of drug-likeness (QED) is 0.422. The van der Waals surface area contributed by atoms with E-state index < -0.39 is 12.1 Å². The predicted octanol–water partition coefficient (Wildman–Crippen LogP) is 3.39. The summed E-state index contributed by atoms with van der Waals surface area (Å²) in [5, 5.41) is 2.56. The van der Waals surface area contributed by atoms with Crippen molar-refractivity contribution in [2.75, 3.05) is 21.2 Å². The Hall–Kier alpha value is -4.01. The van der Waals surface area contributed by atoms with Crippen molar-refractivity contribution < 1.29 is 19.1 Å². The molecule has 206 valence electrons. The van der Waals surface area contributed by atoms with Gasteiger partial charge in [-0.15, -0.1) is 0 Å². The van der Waals surface area contributed by atoms with E-state index in [0.29, 0.717) is 24.9 Å². The number of amides is 2. The van der Waals surface area contributed by atoms with E-state index in [1.807, 2.05) is 0 Å². The molecule has 1 N–H and O–H groups in total. The highest BCUT2D eigenvalue weighted by Gasteiger charge is 2.26. The maximum atomic E-state index is 13.3. The van der Waals surface area contributed by atoms with Gasteiger partial charge in [0.15, 0.2) is 5.78 Å². The van der Waals surface area contributed by atoms with Crippen LogP contribution in [0.15, 0.2) is 58.5 Å². The van der Waals surface area contributed by atoms with Crippen LogP contribution in [0.3, 0.4) is 0 Å². The van der Waals surface area contributed by atoms with Gasteiger partial charge in [-0.25, -0.2) is 4.79 Å². The summed E-state index contributed by atoms with van der Waals surface area (Å²) in [4.78, 5) is 56.4. The highest BCUT2D eigenvalue weighted by Crippen LogP contribution is 2.38. The van der Waals surface area contributed by atoms with E-state index in [9.17, 15) is 19.2 Å². The molecule has 2 aliphatic rings. The summed E-state index contributed by atoms with van der Waals surface area (Å²) in [6, 6.07) is 8.87. The number of ether oxygens (including phenoxy) is 1. The van der Waals surface area contributed by atoms with Crippen LogP contribution in [0.25, 0.3) is 0 Å². The summed E-state index contributed by atoms with van der Waals surface area (Å²) in [5.74, 6) is 0.289. The second-order valence-electron chi connectivity index (χ2n) is 10.4. The molecule has 9 nitrogen and oxygen atoms in total. The van der Waals surface area contributed by atoms with Crippen molar-refractivity contribution in [3.05, 3.63) is 75.7 Å². The zero-order valence-corrected chi connectivity index (χ0v) is 22.8. The molecule has 1 aromatic carbocycles. The van der Waals surface area contributed by atoms with E-state index >= 15 is 0 Å². The Morgan fingerprint density at radius 1 is 1.18 bits per heavy atom. The molecular weight excluding hydrogens is 496 g/mol. The molecule has 39 heavy (non-hydrogen) atoms. The number of ketones is 1. The standard InChI is InChI=1S/C30H36N4O5/c1-33(2)27(36)12-5-4-11-25(32-30(38)39-3)26(35)18-23-10-7-15-34(29(23)37)19-24-17-22-9-6-8-21(28(22)31-24)16-20-13-14-20/h5-10,12,15,20,25H,4,11,13-14,16-19H2,1-3H3,(H,32,38)/b12-5+/t25-/m0/s1. The number of hydrogen-bond donors (Lipinski definition) is 1. The molecule has 2 heterocycles. The fraction of sp³-hybridized carbons (Fsp3) is 0.433. The number of pyridine rings is 1. The van der Waals surface area contributed by atoms with Gasteiger partial charge >= 0.3 is 6.09 Å². The average molecular weight is 533 g/mol. The van der Waals surface area contributed by atoms with Crippen LogP contribution in [0.2, 0.25) is 0 Å². The minimum atomic E-state index is -0.858. The number of allylic oxidation sites excluding steroid dienone is 1. The number of alkyl carbamates (subject to hydrolysis) is 1. The number of fused-ring (bicyclic) bond motifs is 1. The Kier molecular flexibility index (Phi) is 9.11. The number of likely N-dealkylation sites (N-methyl/N-ethyl adjacent to an activating group) is 1. The van der Waals surface area contributed by atoms with Crippen molar-refractivity contribution in [1.82, 2.24) is 14.8 Å². The maximum Gasteiger partial charge on any atom is 0.407 e. The first-order valence-corrected chi connectivity index (χ1v) is 13.4. The number of methoxy groups -OCH3 is 1. The first-order valence-electron chi connectivity index (χ1n) is 13.4. The Balaban J connectivity index is 1.43. The number of nitrogens with one attached hydrogen (secondary N) is 1. The summed E-state index contributed by atoms with van der Waals surface area (Å²) in [6.45, 7) is 0.354. The molecule has 0 unspecified atom stereocenters. The number of benzene rings is 1. The largest absolute Gasteiger partial charge is 0.453 e. The third kappa shape index (κ3) is 7.52.